The normalized spacial score (nSPS) is 10.7. The van der Waals surface area contributed by atoms with E-state index >= 15 is 0 Å². The molecule has 1 aromatic carbocycles. The average molecular weight is 335 g/mol. The number of rotatable bonds is 4. The molecule has 0 saturated carbocycles. The Morgan fingerprint density at radius 1 is 1.12 bits per heavy atom. The highest BCUT2D eigenvalue weighted by atomic mass is 32.1. The SMILES string of the molecule is COc1ccc2nc(-c3cccnc3)nc(Nc3nccs3)c2c1. The van der Waals surface area contributed by atoms with Crippen molar-refractivity contribution in [1.29, 1.82) is 0 Å². The lowest BCUT2D eigenvalue weighted by atomic mass is 10.2. The van der Waals surface area contributed by atoms with Gasteiger partial charge in [-0.05, 0) is 30.3 Å². The van der Waals surface area contributed by atoms with E-state index in [2.05, 4.69) is 25.3 Å². The molecular weight excluding hydrogens is 322 g/mol. The summed E-state index contributed by atoms with van der Waals surface area (Å²) in [6.07, 6.45) is 5.22. The molecule has 4 rings (SSSR count). The summed E-state index contributed by atoms with van der Waals surface area (Å²) in [7, 11) is 1.64. The molecule has 0 fully saturated rings. The van der Waals surface area contributed by atoms with Crippen LogP contribution in [0.15, 0.2) is 54.3 Å². The molecule has 1 N–H and O–H groups in total. The van der Waals surface area contributed by atoms with Crippen LogP contribution in [0.2, 0.25) is 0 Å². The zero-order valence-electron chi connectivity index (χ0n) is 12.8. The Bertz CT molecular complexity index is 973. The van der Waals surface area contributed by atoms with Gasteiger partial charge < -0.3 is 10.1 Å². The van der Waals surface area contributed by atoms with Crippen molar-refractivity contribution in [3.8, 4) is 17.1 Å². The van der Waals surface area contributed by atoms with Crippen LogP contribution in [0.1, 0.15) is 0 Å². The highest BCUT2D eigenvalue weighted by Crippen LogP contribution is 2.30. The first-order valence-electron chi connectivity index (χ1n) is 7.26. The summed E-state index contributed by atoms with van der Waals surface area (Å²) in [4.78, 5) is 17.7. The van der Waals surface area contributed by atoms with E-state index in [1.54, 1.807) is 25.7 Å². The van der Waals surface area contributed by atoms with Crippen molar-refractivity contribution in [2.24, 2.45) is 0 Å². The Kier molecular flexibility index (Phi) is 3.76. The van der Waals surface area contributed by atoms with E-state index < -0.39 is 0 Å². The third-order valence-corrected chi connectivity index (χ3v) is 4.17. The van der Waals surface area contributed by atoms with Crippen LogP contribution in [0.3, 0.4) is 0 Å². The predicted molar refractivity (Wildman–Crippen MR) is 94.7 cm³/mol. The second-order valence-electron chi connectivity index (χ2n) is 4.98. The fourth-order valence-electron chi connectivity index (χ4n) is 2.34. The number of nitrogens with one attached hydrogen (secondary N) is 1. The summed E-state index contributed by atoms with van der Waals surface area (Å²) in [5.74, 6) is 2.05. The summed E-state index contributed by atoms with van der Waals surface area (Å²) in [6, 6.07) is 9.52. The number of nitrogens with zero attached hydrogens (tertiary/aromatic N) is 4. The van der Waals surface area contributed by atoms with Crippen LogP contribution in [0.4, 0.5) is 10.9 Å². The Morgan fingerprint density at radius 2 is 2.08 bits per heavy atom. The van der Waals surface area contributed by atoms with Crippen molar-refractivity contribution in [3.63, 3.8) is 0 Å². The van der Waals surface area contributed by atoms with E-state index in [4.69, 9.17) is 4.74 Å². The molecule has 0 unspecified atom stereocenters. The van der Waals surface area contributed by atoms with E-state index in [1.807, 2.05) is 35.7 Å². The Balaban J connectivity index is 1.90. The van der Waals surface area contributed by atoms with Gasteiger partial charge in [-0.3, -0.25) is 4.98 Å². The van der Waals surface area contributed by atoms with Crippen LogP contribution in [-0.4, -0.2) is 27.0 Å². The lowest BCUT2D eigenvalue weighted by Crippen LogP contribution is -1.99. The standard InChI is InChI=1S/C17H13N5OS/c1-23-12-4-5-14-13(9-12)16(22-17-19-7-8-24-17)21-15(20-14)11-3-2-6-18-10-11/h2-10H,1H3,(H,19,20,21,22). The fraction of sp³-hybridized carbons (Fsp3) is 0.0588. The Labute approximate surface area is 142 Å². The lowest BCUT2D eigenvalue weighted by Gasteiger charge is -2.10. The van der Waals surface area contributed by atoms with Gasteiger partial charge in [-0.15, -0.1) is 11.3 Å². The van der Waals surface area contributed by atoms with Gasteiger partial charge in [0.15, 0.2) is 11.0 Å². The highest BCUT2D eigenvalue weighted by molar-refractivity contribution is 7.13. The minimum Gasteiger partial charge on any atom is -0.497 e. The van der Waals surface area contributed by atoms with Gasteiger partial charge in [0.2, 0.25) is 0 Å². The van der Waals surface area contributed by atoms with E-state index in [0.717, 1.165) is 27.3 Å². The summed E-state index contributed by atoms with van der Waals surface area (Å²) in [5.41, 5.74) is 1.68. The number of thiazole rings is 1. The lowest BCUT2D eigenvalue weighted by molar-refractivity contribution is 0.415. The van der Waals surface area contributed by atoms with Gasteiger partial charge in [-0.1, -0.05) is 0 Å². The van der Waals surface area contributed by atoms with Crippen molar-refractivity contribution < 1.29 is 4.74 Å². The monoisotopic (exact) mass is 335 g/mol. The van der Waals surface area contributed by atoms with Crippen molar-refractivity contribution >= 4 is 33.2 Å². The third kappa shape index (κ3) is 2.77. The second kappa shape index (κ2) is 6.21. The number of aromatic nitrogens is 4. The van der Waals surface area contributed by atoms with Gasteiger partial charge in [0, 0.05) is 34.9 Å². The molecule has 0 atom stereocenters. The maximum absolute atomic E-state index is 5.32. The van der Waals surface area contributed by atoms with Gasteiger partial charge in [0.25, 0.3) is 0 Å². The van der Waals surface area contributed by atoms with Crippen LogP contribution in [0, 0.1) is 0 Å². The number of methoxy groups -OCH3 is 1. The molecule has 0 amide bonds. The van der Waals surface area contributed by atoms with Crippen molar-refractivity contribution in [1.82, 2.24) is 19.9 Å². The molecule has 0 aliphatic carbocycles. The molecule has 24 heavy (non-hydrogen) atoms. The topological polar surface area (TPSA) is 72.8 Å². The molecule has 0 aliphatic rings. The van der Waals surface area contributed by atoms with E-state index in [-0.39, 0.29) is 0 Å². The molecule has 0 spiro atoms. The number of benzene rings is 1. The number of hydrogen-bond acceptors (Lipinski definition) is 7. The summed E-state index contributed by atoms with van der Waals surface area (Å²) in [6.45, 7) is 0. The maximum Gasteiger partial charge on any atom is 0.188 e. The first kappa shape index (κ1) is 14.5. The zero-order valence-corrected chi connectivity index (χ0v) is 13.6. The molecule has 3 heterocycles. The summed E-state index contributed by atoms with van der Waals surface area (Å²) >= 11 is 1.51. The average Bonchev–Trinajstić information content (AvgIpc) is 3.15. The van der Waals surface area contributed by atoms with Crippen LogP contribution in [0.25, 0.3) is 22.3 Å². The van der Waals surface area contributed by atoms with E-state index in [1.165, 1.54) is 11.3 Å². The molecule has 3 aromatic heterocycles. The zero-order chi connectivity index (χ0) is 16.4. The van der Waals surface area contributed by atoms with Crippen molar-refractivity contribution in [3.05, 3.63) is 54.3 Å². The number of pyridine rings is 1. The second-order valence-corrected chi connectivity index (χ2v) is 5.88. The molecule has 4 aromatic rings. The van der Waals surface area contributed by atoms with Crippen LogP contribution >= 0.6 is 11.3 Å². The van der Waals surface area contributed by atoms with Crippen LogP contribution in [-0.2, 0) is 0 Å². The summed E-state index contributed by atoms with van der Waals surface area (Å²) in [5, 5.41) is 6.83. The first-order chi connectivity index (χ1) is 11.8. The minimum absolute atomic E-state index is 0.611. The van der Waals surface area contributed by atoms with Crippen LogP contribution < -0.4 is 10.1 Å². The minimum atomic E-state index is 0.611. The van der Waals surface area contributed by atoms with Crippen molar-refractivity contribution in [2.45, 2.75) is 0 Å². The fourth-order valence-corrected chi connectivity index (χ4v) is 2.87. The molecule has 0 bridgehead atoms. The molecular formula is C17H13N5OS. The number of anilines is 2. The quantitative estimate of drug-likeness (QED) is 0.610. The number of ether oxygens (including phenoxy) is 1. The molecule has 0 radical (unpaired) electrons. The van der Waals surface area contributed by atoms with Gasteiger partial charge in [0.05, 0.1) is 12.6 Å². The van der Waals surface area contributed by atoms with Crippen LogP contribution in [0.5, 0.6) is 5.75 Å². The van der Waals surface area contributed by atoms with Gasteiger partial charge in [-0.2, -0.15) is 0 Å². The van der Waals surface area contributed by atoms with Gasteiger partial charge in [-0.25, -0.2) is 15.0 Å². The largest absolute Gasteiger partial charge is 0.497 e. The Hall–Kier alpha value is -3.06. The van der Waals surface area contributed by atoms with Gasteiger partial charge >= 0.3 is 0 Å². The van der Waals surface area contributed by atoms with Gasteiger partial charge in [0.1, 0.15) is 11.6 Å². The molecule has 6 nitrogen and oxygen atoms in total. The Morgan fingerprint density at radius 3 is 2.83 bits per heavy atom. The maximum atomic E-state index is 5.32. The van der Waals surface area contributed by atoms with E-state index in [0.29, 0.717) is 11.6 Å². The first-order valence-corrected chi connectivity index (χ1v) is 8.14. The van der Waals surface area contributed by atoms with Crippen molar-refractivity contribution in [2.75, 3.05) is 12.4 Å². The molecule has 7 heteroatoms. The summed E-state index contributed by atoms with van der Waals surface area (Å²) < 4.78 is 5.32. The third-order valence-electron chi connectivity index (χ3n) is 3.48. The molecule has 118 valence electrons. The number of hydrogen-bond donors (Lipinski definition) is 1. The predicted octanol–water partition coefficient (Wildman–Crippen LogP) is 3.90. The highest BCUT2D eigenvalue weighted by Gasteiger charge is 2.12. The smallest absolute Gasteiger partial charge is 0.188 e. The van der Waals surface area contributed by atoms with E-state index in [9.17, 15) is 0 Å². The number of fused-ring (bicyclic) bond motifs is 1. The molecule has 0 saturated heterocycles. The molecule has 0 aliphatic heterocycles.